The third kappa shape index (κ3) is 3.48. The number of hydrazine groups is 1. The Morgan fingerprint density at radius 1 is 0.893 bits per heavy atom. The molecular weight excluding hydrogens is 382 g/mol. The predicted octanol–water partition coefficient (Wildman–Crippen LogP) is 2.42. The molecule has 7 nitrogen and oxygen atoms in total. The van der Waals surface area contributed by atoms with Gasteiger partial charge >= 0.3 is 0 Å². The van der Waals surface area contributed by atoms with Crippen molar-refractivity contribution in [3.63, 3.8) is 0 Å². The van der Waals surface area contributed by atoms with E-state index in [2.05, 4.69) is 10.9 Å². The van der Waals surface area contributed by atoms with Crippen LogP contribution in [0.5, 0.6) is 0 Å². The number of nitrogens with one attached hydrogen (secondary N) is 2. The average molecular weight is 400 g/mol. The van der Waals surface area contributed by atoms with E-state index >= 15 is 0 Å². The van der Waals surface area contributed by atoms with E-state index in [1.807, 2.05) is 0 Å². The van der Waals surface area contributed by atoms with E-state index in [-0.39, 0.29) is 27.6 Å². The first kappa shape index (κ1) is 19.6. The summed E-state index contributed by atoms with van der Waals surface area (Å²) in [4.78, 5) is 51.3. The van der Waals surface area contributed by atoms with Gasteiger partial charge in [-0.3, -0.25) is 34.9 Å². The largest absolute Gasteiger partial charge is 0.271 e. The molecule has 0 saturated heterocycles. The standard InChI is InChI=1S/C20H18ClN3O4/c1-11(2)16(24-19(27)12-7-3-4-8-13(12)20(24)28)18(26)23-22-17(25)14-9-5-6-10-15(14)21/h3-11,16H,1-2H3,(H,22,25)(H,23,26). The van der Waals surface area contributed by atoms with E-state index in [1.54, 1.807) is 56.3 Å². The van der Waals surface area contributed by atoms with Crippen molar-refractivity contribution in [1.82, 2.24) is 15.8 Å². The Morgan fingerprint density at radius 2 is 1.43 bits per heavy atom. The summed E-state index contributed by atoms with van der Waals surface area (Å²) in [5.41, 5.74) is 5.27. The van der Waals surface area contributed by atoms with Crippen molar-refractivity contribution >= 4 is 35.2 Å². The molecule has 2 aromatic carbocycles. The molecule has 2 aromatic rings. The van der Waals surface area contributed by atoms with E-state index in [9.17, 15) is 19.2 Å². The molecule has 0 fully saturated rings. The highest BCUT2D eigenvalue weighted by Crippen LogP contribution is 2.27. The number of fused-ring (bicyclic) bond motifs is 1. The first-order valence-electron chi connectivity index (χ1n) is 8.64. The van der Waals surface area contributed by atoms with E-state index in [1.165, 1.54) is 6.07 Å². The van der Waals surface area contributed by atoms with Crippen LogP contribution >= 0.6 is 11.6 Å². The molecule has 3 rings (SSSR count). The number of imide groups is 1. The molecule has 28 heavy (non-hydrogen) atoms. The fraction of sp³-hybridized carbons (Fsp3) is 0.200. The Kier molecular flexibility index (Phi) is 5.46. The van der Waals surface area contributed by atoms with Gasteiger partial charge in [-0.15, -0.1) is 0 Å². The lowest BCUT2D eigenvalue weighted by Crippen LogP contribution is -2.56. The van der Waals surface area contributed by atoms with Crippen LogP contribution in [0.1, 0.15) is 44.9 Å². The molecule has 0 bridgehead atoms. The maximum atomic E-state index is 12.7. The highest BCUT2D eigenvalue weighted by Gasteiger charge is 2.44. The van der Waals surface area contributed by atoms with Crippen molar-refractivity contribution in [2.45, 2.75) is 19.9 Å². The van der Waals surface area contributed by atoms with Crippen LogP contribution in [0.4, 0.5) is 0 Å². The van der Waals surface area contributed by atoms with Crippen LogP contribution in [0.3, 0.4) is 0 Å². The van der Waals surface area contributed by atoms with Crippen molar-refractivity contribution in [3.8, 4) is 0 Å². The molecule has 1 aliphatic heterocycles. The number of carbonyl (C=O) groups excluding carboxylic acids is 4. The highest BCUT2D eigenvalue weighted by molar-refractivity contribution is 6.33. The Bertz CT molecular complexity index is 938. The van der Waals surface area contributed by atoms with Crippen molar-refractivity contribution in [2.24, 2.45) is 5.92 Å². The van der Waals surface area contributed by atoms with Gasteiger partial charge in [-0.05, 0) is 30.2 Å². The molecule has 0 aromatic heterocycles. The van der Waals surface area contributed by atoms with Crippen molar-refractivity contribution in [2.75, 3.05) is 0 Å². The number of benzene rings is 2. The molecule has 1 heterocycles. The zero-order valence-corrected chi connectivity index (χ0v) is 16.0. The van der Waals surface area contributed by atoms with E-state index in [0.717, 1.165) is 4.90 Å². The molecule has 144 valence electrons. The number of carbonyl (C=O) groups is 4. The van der Waals surface area contributed by atoms with Crippen molar-refractivity contribution in [1.29, 1.82) is 0 Å². The Morgan fingerprint density at radius 3 is 1.96 bits per heavy atom. The second-order valence-corrected chi connectivity index (χ2v) is 7.05. The number of rotatable bonds is 4. The molecule has 4 amide bonds. The topological polar surface area (TPSA) is 95.6 Å². The number of halogens is 1. The van der Waals surface area contributed by atoms with Gasteiger partial charge in [0.05, 0.1) is 21.7 Å². The van der Waals surface area contributed by atoms with Gasteiger partial charge in [0.15, 0.2) is 0 Å². The molecular formula is C20H18ClN3O4. The maximum Gasteiger partial charge on any atom is 0.271 e. The van der Waals surface area contributed by atoms with Gasteiger partial charge in [0.2, 0.25) is 0 Å². The molecule has 0 radical (unpaired) electrons. The predicted molar refractivity (Wildman–Crippen MR) is 103 cm³/mol. The molecule has 2 N–H and O–H groups in total. The van der Waals surface area contributed by atoms with Crippen LogP contribution < -0.4 is 10.9 Å². The van der Waals surface area contributed by atoms with Crippen LogP contribution in [0.15, 0.2) is 48.5 Å². The van der Waals surface area contributed by atoms with Gasteiger partial charge in [-0.2, -0.15) is 0 Å². The van der Waals surface area contributed by atoms with Crippen molar-refractivity contribution in [3.05, 3.63) is 70.2 Å². The quantitative estimate of drug-likeness (QED) is 0.609. The zero-order valence-electron chi connectivity index (χ0n) is 15.2. The number of amides is 4. The molecule has 0 saturated carbocycles. The summed E-state index contributed by atoms with van der Waals surface area (Å²) < 4.78 is 0. The number of hydrogen-bond acceptors (Lipinski definition) is 4. The molecule has 0 spiro atoms. The third-order valence-electron chi connectivity index (χ3n) is 4.42. The normalized spacial score (nSPS) is 14.1. The third-order valence-corrected chi connectivity index (χ3v) is 4.75. The average Bonchev–Trinajstić information content (AvgIpc) is 2.92. The van der Waals surface area contributed by atoms with Crippen LogP contribution in [-0.4, -0.2) is 34.6 Å². The van der Waals surface area contributed by atoms with Crippen LogP contribution in [0.2, 0.25) is 5.02 Å². The summed E-state index contributed by atoms with van der Waals surface area (Å²) in [6, 6.07) is 11.7. The summed E-state index contributed by atoms with van der Waals surface area (Å²) >= 11 is 5.97. The van der Waals surface area contributed by atoms with Gasteiger partial charge in [-0.25, -0.2) is 0 Å². The highest BCUT2D eigenvalue weighted by atomic mass is 35.5. The van der Waals surface area contributed by atoms with E-state index < -0.39 is 29.7 Å². The lowest BCUT2D eigenvalue weighted by molar-refractivity contribution is -0.127. The minimum atomic E-state index is -1.08. The number of nitrogens with zero attached hydrogens (tertiary/aromatic N) is 1. The smallest absolute Gasteiger partial charge is 0.271 e. The molecule has 0 aliphatic carbocycles. The monoisotopic (exact) mass is 399 g/mol. The zero-order chi connectivity index (χ0) is 20.4. The van der Waals surface area contributed by atoms with Gasteiger partial charge < -0.3 is 0 Å². The molecule has 1 unspecified atom stereocenters. The van der Waals surface area contributed by atoms with E-state index in [4.69, 9.17) is 11.6 Å². The van der Waals surface area contributed by atoms with Gasteiger partial charge in [0, 0.05) is 0 Å². The molecule has 1 aliphatic rings. The Balaban J connectivity index is 1.77. The minimum absolute atomic E-state index is 0.186. The van der Waals surface area contributed by atoms with Crippen molar-refractivity contribution < 1.29 is 19.2 Å². The molecule has 8 heteroatoms. The van der Waals surface area contributed by atoms with Gasteiger partial charge in [0.1, 0.15) is 6.04 Å². The van der Waals surface area contributed by atoms with Crippen LogP contribution in [0, 0.1) is 5.92 Å². The Hall–Kier alpha value is -3.19. The summed E-state index contributed by atoms with van der Waals surface area (Å²) in [6.07, 6.45) is 0. The second-order valence-electron chi connectivity index (χ2n) is 6.64. The second kappa shape index (κ2) is 7.82. The fourth-order valence-corrected chi connectivity index (χ4v) is 3.31. The summed E-state index contributed by atoms with van der Waals surface area (Å²) in [5, 5.41) is 0.231. The van der Waals surface area contributed by atoms with Crippen LogP contribution in [-0.2, 0) is 4.79 Å². The van der Waals surface area contributed by atoms with Crippen LogP contribution in [0.25, 0.3) is 0 Å². The first-order valence-corrected chi connectivity index (χ1v) is 9.02. The lowest BCUT2D eigenvalue weighted by atomic mass is 10.0. The number of hydrogen-bond donors (Lipinski definition) is 2. The summed E-state index contributed by atoms with van der Waals surface area (Å²) in [6.45, 7) is 3.42. The van der Waals surface area contributed by atoms with Gasteiger partial charge in [0.25, 0.3) is 23.6 Å². The van der Waals surface area contributed by atoms with Gasteiger partial charge in [-0.1, -0.05) is 49.7 Å². The first-order chi connectivity index (χ1) is 13.3. The maximum absolute atomic E-state index is 12.7. The summed E-state index contributed by atoms with van der Waals surface area (Å²) in [7, 11) is 0. The lowest BCUT2D eigenvalue weighted by Gasteiger charge is -2.28. The van der Waals surface area contributed by atoms with E-state index in [0.29, 0.717) is 0 Å². The fourth-order valence-electron chi connectivity index (χ4n) is 3.08. The summed E-state index contributed by atoms with van der Waals surface area (Å²) in [5.74, 6) is -2.73. The molecule has 1 atom stereocenters. The SMILES string of the molecule is CC(C)C(C(=O)NNC(=O)c1ccccc1Cl)N1C(=O)c2ccccc2C1=O. The minimum Gasteiger partial charge on any atom is -0.271 e. The Labute approximate surface area is 166 Å².